The second-order valence-electron chi connectivity index (χ2n) is 6.22. The molecule has 0 saturated carbocycles. The maximum Gasteiger partial charge on any atom is 0.344 e. The van der Waals surface area contributed by atoms with E-state index < -0.39 is 0 Å². The van der Waals surface area contributed by atoms with E-state index in [1.165, 1.54) is 6.20 Å². The number of benzene rings is 1. The Balaban J connectivity index is 1.63. The molecule has 1 aromatic carbocycles. The Morgan fingerprint density at radius 2 is 2.04 bits per heavy atom. The minimum Gasteiger partial charge on any atom is -0.380 e. The number of aromatic nitrogens is 2. The van der Waals surface area contributed by atoms with E-state index >= 15 is 0 Å². The summed E-state index contributed by atoms with van der Waals surface area (Å²) in [5.74, 6) is 0.0358. The first-order valence-electron chi connectivity index (χ1n) is 8.92. The molecule has 0 unspecified atom stereocenters. The zero-order chi connectivity index (χ0) is 18.4. The number of piperazine rings is 1. The van der Waals surface area contributed by atoms with Gasteiger partial charge in [-0.25, -0.2) is 9.78 Å². The molecule has 1 amide bonds. The third-order valence-electron chi connectivity index (χ3n) is 4.53. The molecule has 0 spiro atoms. The van der Waals surface area contributed by atoms with Gasteiger partial charge < -0.3 is 14.6 Å². The van der Waals surface area contributed by atoms with E-state index in [2.05, 4.69) is 14.9 Å². The molecule has 0 radical (unpaired) electrons. The van der Waals surface area contributed by atoms with Gasteiger partial charge in [0.05, 0.1) is 6.61 Å². The van der Waals surface area contributed by atoms with Crippen molar-refractivity contribution in [2.45, 2.75) is 6.92 Å². The van der Waals surface area contributed by atoms with E-state index in [0.29, 0.717) is 5.56 Å². The number of carbonyl (C=O) groups is 1. The summed E-state index contributed by atoms with van der Waals surface area (Å²) in [7, 11) is 0. The van der Waals surface area contributed by atoms with Crippen LogP contribution in [0.15, 0.2) is 41.5 Å². The third kappa shape index (κ3) is 4.56. The summed E-state index contributed by atoms with van der Waals surface area (Å²) in [5.41, 5.74) is 1.90. The number of hydrogen-bond donors (Lipinski definition) is 1. The molecule has 1 N–H and O–H groups in total. The summed E-state index contributed by atoms with van der Waals surface area (Å²) in [4.78, 5) is 34.4. The van der Waals surface area contributed by atoms with Gasteiger partial charge in [0.2, 0.25) is 0 Å². The highest BCUT2D eigenvalue weighted by Crippen LogP contribution is 2.19. The number of nitrogens with one attached hydrogen (secondary N) is 1. The SMILES string of the molecule is CCOCCN1CCN(C(=O)c2cccc(-c3cnc(=O)[nH]c3)c2)CC1. The van der Waals surface area contributed by atoms with E-state index in [1.807, 2.05) is 36.1 Å². The van der Waals surface area contributed by atoms with Crippen LogP contribution in [-0.4, -0.2) is 71.6 Å². The first-order chi connectivity index (χ1) is 12.7. The monoisotopic (exact) mass is 356 g/mol. The second kappa shape index (κ2) is 8.73. The topological polar surface area (TPSA) is 78.5 Å². The van der Waals surface area contributed by atoms with Gasteiger partial charge >= 0.3 is 5.69 Å². The van der Waals surface area contributed by atoms with Crippen LogP contribution < -0.4 is 5.69 Å². The Labute approximate surface area is 152 Å². The number of hydrogen-bond acceptors (Lipinski definition) is 5. The number of H-pyrrole nitrogens is 1. The van der Waals surface area contributed by atoms with Crippen LogP contribution in [0.25, 0.3) is 11.1 Å². The summed E-state index contributed by atoms with van der Waals surface area (Å²) in [6.45, 7) is 7.53. The van der Waals surface area contributed by atoms with Crippen LogP contribution in [0.4, 0.5) is 0 Å². The number of carbonyl (C=O) groups excluding carboxylic acids is 1. The minimum atomic E-state index is -0.386. The number of amides is 1. The Morgan fingerprint density at radius 1 is 1.23 bits per heavy atom. The van der Waals surface area contributed by atoms with E-state index in [4.69, 9.17) is 4.74 Å². The van der Waals surface area contributed by atoms with Gasteiger partial charge in [-0.15, -0.1) is 0 Å². The Hall–Kier alpha value is -2.51. The molecule has 1 aliphatic heterocycles. The Morgan fingerprint density at radius 3 is 2.73 bits per heavy atom. The lowest BCUT2D eigenvalue weighted by Crippen LogP contribution is -2.49. The van der Waals surface area contributed by atoms with Crippen molar-refractivity contribution in [2.24, 2.45) is 0 Å². The van der Waals surface area contributed by atoms with E-state index in [-0.39, 0.29) is 11.6 Å². The van der Waals surface area contributed by atoms with Crippen molar-refractivity contribution in [3.8, 4) is 11.1 Å². The molecule has 0 bridgehead atoms. The van der Waals surface area contributed by atoms with E-state index in [0.717, 1.165) is 57.1 Å². The normalized spacial score (nSPS) is 15.2. The zero-order valence-electron chi connectivity index (χ0n) is 15.0. The largest absolute Gasteiger partial charge is 0.380 e. The smallest absolute Gasteiger partial charge is 0.344 e. The predicted molar refractivity (Wildman–Crippen MR) is 99.1 cm³/mol. The first-order valence-corrected chi connectivity index (χ1v) is 8.92. The van der Waals surface area contributed by atoms with Crippen LogP contribution in [0.5, 0.6) is 0 Å². The highest BCUT2D eigenvalue weighted by Gasteiger charge is 2.22. The lowest BCUT2D eigenvalue weighted by Gasteiger charge is -2.34. The van der Waals surface area contributed by atoms with Crippen molar-refractivity contribution < 1.29 is 9.53 Å². The highest BCUT2D eigenvalue weighted by molar-refractivity contribution is 5.95. The van der Waals surface area contributed by atoms with Crippen molar-refractivity contribution in [1.82, 2.24) is 19.8 Å². The molecular formula is C19H24N4O3. The van der Waals surface area contributed by atoms with Gasteiger partial charge in [-0.2, -0.15) is 0 Å². The van der Waals surface area contributed by atoms with Gasteiger partial charge in [0, 0.05) is 62.9 Å². The maximum absolute atomic E-state index is 12.8. The fraction of sp³-hybridized carbons (Fsp3) is 0.421. The molecule has 1 saturated heterocycles. The summed E-state index contributed by atoms with van der Waals surface area (Å²) in [6.07, 6.45) is 3.12. The summed E-state index contributed by atoms with van der Waals surface area (Å²) >= 11 is 0. The quantitative estimate of drug-likeness (QED) is 0.788. The Bertz CT molecular complexity index is 777. The van der Waals surface area contributed by atoms with Crippen molar-refractivity contribution in [3.05, 3.63) is 52.7 Å². The number of nitrogens with zero attached hydrogens (tertiary/aromatic N) is 3. The lowest BCUT2D eigenvalue weighted by atomic mass is 10.0. The molecule has 7 heteroatoms. The average Bonchev–Trinajstić information content (AvgIpc) is 2.69. The van der Waals surface area contributed by atoms with Crippen LogP contribution in [0, 0.1) is 0 Å². The van der Waals surface area contributed by atoms with E-state index in [1.54, 1.807) is 6.20 Å². The lowest BCUT2D eigenvalue weighted by molar-refractivity contribution is 0.0565. The van der Waals surface area contributed by atoms with Crippen LogP contribution in [0.1, 0.15) is 17.3 Å². The van der Waals surface area contributed by atoms with Crippen molar-refractivity contribution in [2.75, 3.05) is 45.9 Å². The summed E-state index contributed by atoms with van der Waals surface area (Å²) in [5, 5.41) is 0. The highest BCUT2D eigenvalue weighted by atomic mass is 16.5. The van der Waals surface area contributed by atoms with Gasteiger partial charge in [0.15, 0.2) is 0 Å². The van der Waals surface area contributed by atoms with Gasteiger partial charge in [-0.1, -0.05) is 12.1 Å². The molecule has 7 nitrogen and oxygen atoms in total. The third-order valence-corrected chi connectivity index (χ3v) is 4.53. The average molecular weight is 356 g/mol. The molecule has 2 heterocycles. The van der Waals surface area contributed by atoms with Crippen molar-refractivity contribution in [1.29, 1.82) is 0 Å². The molecule has 3 rings (SSSR count). The van der Waals surface area contributed by atoms with Crippen molar-refractivity contribution >= 4 is 5.91 Å². The number of ether oxygens (including phenoxy) is 1. The van der Waals surface area contributed by atoms with Crippen LogP contribution >= 0.6 is 0 Å². The summed E-state index contributed by atoms with van der Waals surface area (Å²) in [6, 6.07) is 7.43. The number of aromatic amines is 1. The zero-order valence-corrected chi connectivity index (χ0v) is 15.0. The minimum absolute atomic E-state index is 0.0358. The number of rotatable bonds is 6. The fourth-order valence-corrected chi connectivity index (χ4v) is 3.03. The maximum atomic E-state index is 12.8. The molecule has 0 atom stereocenters. The molecule has 1 aromatic heterocycles. The molecule has 1 fully saturated rings. The van der Waals surface area contributed by atoms with Gasteiger partial charge in [-0.3, -0.25) is 9.69 Å². The molecule has 0 aliphatic carbocycles. The molecule has 2 aromatic rings. The van der Waals surface area contributed by atoms with Crippen LogP contribution in [-0.2, 0) is 4.74 Å². The molecule has 138 valence electrons. The Kier molecular flexibility index (Phi) is 6.14. The molecular weight excluding hydrogens is 332 g/mol. The first kappa shape index (κ1) is 18.3. The van der Waals surface area contributed by atoms with Gasteiger partial charge in [0.25, 0.3) is 5.91 Å². The fourth-order valence-electron chi connectivity index (χ4n) is 3.03. The standard InChI is InChI=1S/C19H24N4O3/c1-2-26-11-10-22-6-8-23(9-7-22)18(24)16-5-3-4-15(12-16)17-13-20-19(25)21-14-17/h3-5,12-14H,2,6-11H2,1H3,(H,20,21,25). The predicted octanol–water partition coefficient (Wildman–Crippen LogP) is 1.23. The van der Waals surface area contributed by atoms with Gasteiger partial charge in [-0.05, 0) is 24.6 Å². The second-order valence-corrected chi connectivity index (χ2v) is 6.22. The molecule has 1 aliphatic rings. The van der Waals surface area contributed by atoms with Crippen LogP contribution in [0.2, 0.25) is 0 Å². The van der Waals surface area contributed by atoms with Crippen LogP contribution in [0.3, 0.4) is 0 Å². The summed E-state index contributed by atoms with van der Waals surface area (Å²) < 4.78 is 5.39. The van der Waals surface area contributed by atoms with Crippen molar-refractivity contribution in [3.63, 3.8) is 0 Å². The molecule has 26 heavy (non-hydrogen) atoms. The van der Waals surface area contributed by atoms with E-state index in [9.17, 15) is 9.59 Å². The van der Waals surface area contributed by atoms with Gasteiger partial charge in [0.1, 0.15) is 0 Å².